The molecule has 2 aromatic carbocycles. The Bertz CT molecular complexity index is 1380. The zero-order chi connectivity index (χ0) is 23.6. The lowest BCUT2D eigenvalue weighted by atomic mass is 9.86. The van der Waals surface area contributed by atoms with Crippen molar-refractivity contribution >= 4 is 21.8 Å². The molecule has 2 heterocycles. The Kier molecular flexibility index (Phi) is 5.12. The van der Waals surface area contributed by atoms with Crippen molar-refractivity contribution in [1.82, 2.24) is 19.8 Å². The maximum atomic E-state index is 5.95. The molecule has 178 valence electrons. The van der Waals surface area contributed by atoms with Crippen LogP contribution in [-0.2, 0) is 32.2 Å². The predicted molar refractivity (Wildman–Crippen MR) is 137 cm³/mol. The summed E-state index contributed by atoms with van der Waals surface area (Å²) in [6.45, 7) is 0.833. The minimum atomic E-state index is 0.391. The summed E-state index contributed by atoms with van der Waals surface area (Å²) >= 11 is 0. The summed E-state index contributed by atoms with van der Waals surface area (Å²) in [5.74, 6) is 1.97. The van der Waals surface area contributed by atoms with E-state index in [0.29, 0.717) is 12.1 Å². The van der Waals surface area contributed by atoms with Crippen molar-refractivity contribution in [2.45, 2.75) is 44.3 Å². The van der Waals surface area contributed by atoms with Crippen LogP contribution in [0.4, 0.5) is 0 Å². The van der Waals surface area contributed by atoms with E-state index in [9.17, 15) is 0 Å². The number of hydrogen-bond donors (Lipinski definition) is 2. The Hall–Kier alpha value is -2.96. The first-order chi connectivity index (χ1) is 16.5. The van der Waals surface area contributed by atoms with Gasteiger partial charge in [-0.05, 0) is 81.7 Å². The van der Waals surface area contributed by atoms with Gasteiger partial charge in [0.05, 0.1) is 19.7 Å². The first-order valence-corrected chi connectivity index (χ1v) is 12.2. The lowest BCUT2D eigenvalue weighted by Gasteiger charge is -2.33. The number of benzene rings is 2. The summed E-state index contributed by atoms with van der Waals surface area (Å²) < 4.78 is 11.7. The van der Waals surface area contributed by atoms with E-state index in [0.717, 1.165) is 43.7 Å². The van der Waals surface area contributed by atoms with Crippen molar-refractivity contribution < 1.29 is 9.47 Å². The van der Waals surface area contributed by atoms with Crippen LogP contribution in [0, 0.1) is 0 Å². The molecule has 2 aromatic heterocycles. The van der Waals surface area contributed by atoms with E-state index in [1.54, 1.807) is 14.2 Å². The Labute approximate surface area is 200 Å². The third-order valence-electron chi connectivity index (χ3n) is 8.19. The van der Waals surface area contributed by atoms with Crippen LogP contribution in [-0.4, -0.2) is 67.2 Å². The molecule has 6 rings (SSSR count). The minimum absolute atomic E-state index is 0.391. The van der Waals surface area contributed by atoms with E-state index in [2.05, 4.69) is 71.5 Å². The molecule has 0 fully saturated rings. The van der Waals surface area contributed by atoms with E-state index in [1.807, 2.05) is 0 Å². The van der Waals surface area contributed by atoms with Crippen LogP contribution < -0.4 is 9.47 Å². The number of aromatic nitrogens is 2. The number of nitrogens with zero attached hydrogens (tertiary/aromatic N) is 2. The van der Waals surface area contributed by atoms with Crippen molar-refractivity contribution in [2.24, 2.45) is 0 Å². The summed E-state index contributed by atoms with van der Waals surface area (Å²) in [6, 6.07) is 7.42. The van der Waals surface area contributed by atoms with Crippen LogP contribution in [0.5, 0.6) is 11.5 Å². The van der Waals surface area contributed by atoms with Crippen LogP contribution in [0.1, 0.15) is 27.8 Å². The second-order valence-corrected chi connectivity index (χ2v) is 10.3. The van der Waals surface area contributed by atoms with Gasteiger partial charge in [-0.15, -0.1) is 0 Å². The van der Waals surface area contributed by atoms with Gasteiger partial charge in [-0.25, -0.2) is 0 Å². The average Bonchev–Trinajstić information content (AvgIpc) is 3.46. The van der Waals surface area contributed by atoms with Crippen molar-refractivity contribution in [3.8, 4) is 11.5 Å². The molecule has 2 aliphatic carbocycles. The average molecular weight is 459 g/mol. The normalized spacial score (nSPS) is 19.5. The largest absolute Gasteiger partial charge is 0.496 e. The lowest BCUT2D eigenvalue weighted by molar-refractivity contribution is 0.224. The smallest absolute Gasteiger partial charge is 0.125 e. The Morgan fingerprint density at radius 2 is 1.53 bits per heavy atom. The van der Waals surface area contributed by atoms with Gasteiger partial charge in [0.1, 0.15) is 11.5 Å². The molecule has 0 amide bonds. The van der Waals surface area contributed by atoms with Gasteiger partial charge < -0.3 is 24.3 Å². The number of ether oxygens (including phenoxy) is 2. The van der Waals surface area contributed by atoms with Gasteiger partial charge in [-0.1, -0.05) is 0 Å². The second-order valence-electron chi connectivity index (χ2n) is 10.3. The van der Waals surface area contributed by atoms with Crippen molar-refractivity contribution in [2.75, 3.05) is 35.4 Å². The van der Waals surface area contributed by atoms with E-state index in [1.165, 1.54) is 49.6 Å². The lowest BCUT2D eigenvalue weighted by Crippen LogP contribution is -2.37. The standard InChI is InChI=1S/C28H34N4O2/c1-31(2)19-8-16-11-25(34-5)22(28-26(16)17(9-19)14-30-28)15-32(3)20-10-18-13-29-23-6-7-24(33-4)21(12-20)27(18)23/h6-7,11,13-14,19-20,29-30H,8-10,12,15H2,1-5H3. The summed E-state index contributed by atoms with van der Waals surface area (Å²) in [5, 5.41) is 2.75. The molecule has 0 saturated carbocycles. The number of aromatic amines is 2. The molecule has 0 spiro atoms. The van der Waals surface area contributed by atoms with Crippen LogP contribution in [0.25, 0.3) is 21.8 Å². The molecule has 34 heavy (non-hydrogen) atoms. The predicted octanol–water partition coefficient (Wildman–Crippen LogP) is 4.29. The van der Waals surface area contributed by atoms with E-state index >= 15 is 0 Å². The monoisotopic (exact) mass is 458 g/mol. The highest BCUT2D eigenvalue weighted by Crippen LogP contribution is 2.40. The summed E-state index contributed by atoms with van der Waals surface area (Å²) in [7, 11) is 10.2. The Morgan fingerprint density at radius 3 is 2.29 bits per heavy atom. The maximum absolute atomic E-state index is 5.95. The van der Waals surface area contributed by atoms with Gasteiger partial charge >= 0.3 is 0 Å². The Morgan fingerprint density at radius 1 is 0.824 bits per heavy atom. The van der Waals surface area contributed by atoms with E-state index in [4.69, 9.17) is 9.47 Å². The van der Waals surface area contributed by atoms with Crippen LogP contribution in [0.3, 0.4) is 0 Å². The van der Waals surface area contributed by atoms with Gasteiger partial charge in [0.15, 0.2) is 0 Å². The fourth-order valence-electron chi connectivity index (χ4n) is 6.28. The molecule has 0 aliphatic heterocycles. The third kappa shape index (κ3) is 3.23. The molecule has 2 atom stereocenters. The highest BCUT2D eigenvalue weighted by Gasteiger charge is 2.30. The fourth-order valence-corrected chi connectivity index (χ4v) is 6.28. The van der Waals surface area contributed by atoms with Crippen molar-refractivity contribution in [3.05, 3.63) is 58.4 Å². The molecule has 0 saturated heterocycles. The fraction of sp³-hybridized carbons (Fsp3) is 0.429. The SMILES string of the molecule is COc1cc2c3c(c[nH]c3c1CN(C)C1Cc3c[nH]c4ccc(OC)c(c34)C1)CC(N(C)C)C2. The molecular formula is C28H34N4O2. The van der Waals surface area contributed by atoms with Gasteiger partial charge in [0, 0.05) is 58.4 Å². The van der Waals surface area contributed by atoms with Crippen molar-refractivity contribution in [3.63, 3.8) is 0 Å². The number of H-pyrrole nitrogens is 2. The van der Waals surface area contributed by atoms with Gasteiger partial charge in [0.25, 0.3) is 0 Å². The number of hydrogen-bond acceptors (Lipinski definition) is 4. The van der Waals surface area contributed by atoms with E-state index in [-0.39, 0.29) is 0 Å². The number of nitrogens with one attached hydrogen (secondary N) is 2. The molecule has 2 aliphatic rings. The van der Waals surface area contributed by atoms with Crippen LogP contribution in [0.15, 0.2) is 30.6 Å². The molecule has 2 unspecified atom stereocenters. The van der Waals surface area contributed by atoms with Crippen LogP contribution >= 0.6 is 0 Å². The van der Waals surface area contributed by atoms with Gasteiger partial charge in [0.2, 0.25) is 0 Å². The number of methoxy groups -OCH3 is 2. The summed E-state index contributed by atoms with van der Waals surface area (Å²) in [5.41, 5.74) is 9.21. The van der Waals surface area contributed by atoms with Crippen LogP contribution in [0.2, 0.25) is 0 Å². The third-order valence-corrected chi connectivity index (χ3v) is 8.19. The molecule has 2 N–H and O–H groups in total. The first kappa shape index (κ1) is 21.6. The van der Waals surface area contributed by atoms with Crippen molar-refractivity contribution in [1.29, 1.82) is 0 Å². The maximum Gasteiger partial charge on any atom is 0.125 e. The molecule has 6 heteroatoms. The molecule has 4 aromatic rings. The zero-order valence-electron chi connectivity index (χ0n) is 20.8. The molecule has 6 nitrogen and oxygen atoms in total. The van der Waals surface area contributed by atoms with Gasteiger partial charge in [-0.3, -0.25) is 4.90 Å². The van der Waals surface area contributed by atoms with E-state index < -0.39 is 0 Å². The quantitative estimate of drug-likeness (QED) is 0.453. The zero-order valence-corrected chi connectivity index (χ0v) is 20.8. The Balaban J connectivity index is 1.34. The highest BCUT2D eigenvalue weighted by molar-refractivity contribution is 5.92. The molecule has 0 bridgehead atoms. The summed E-state index contributed by atoms with van der Waals surface area (Å²) in [6.07, 6.45) is 8.54. The second kappa shape index (κ2) is 8.07. The topological polar surface area (TPSA) is 56.5 Å². The number of likely N-dealkylation sites (N-methyl/N-ethyl adjacent to an activating group) is 2. The molecule has 0 radical (unpaired) electrons. The number of rotatable bonds is 6. The highest BCUT2D eigenvalue weighted by atomic mass is 16.5. The molecular weight excluding hydrogens is 424 g/mol. The minimum Gasteiger partial charge on any atom is -0.496 e. The first-order valence-electron chi connectivity index (χ1n) is 12.2. The van der Waals surface area contributed by atoms with Gasteiger partial charge in [-0.2, -0.15) is 0 Å². The summed E-state index contributed by atoms with van der Waals surface area (Å²) in [4.78, 5) is 11.9.